The third-order valence-corrected chi connectivity index (χ3v) is 6.17. The minimum atomic E-state index is -0.134. The molecule has 2 aliphatic rings. The quantitative estimate of drug-likeness (QED) is 0.848. The van der Waals surface area contributed by atoms with Gasteiger partial charge in [-0.25, -0.2) is 0 Å². The zero-order chi connectivity index (χ0) is 13.6. The highest BCUT2D eigenvalue weighted by Crippen LogP contribution is 2.57. The lowest BCUT2D eigenvalue weighted by molar-refractivity contribution is 0.234. The van der Waals surface area contributed by atoms with E-state index in [0.29, 0.717) is 5.92 Å². The normalized spacial score (nSPS) is 32.7. The van der Waals surface area contributed by atoms with Crippen molar-refractivity contribution in [2.45, 2.75) is 52.5 Å². The maximum absolute atomic E-state index is 9.77. The van der Waals surface area contributed by atoms with Gasteiger partial charge in [0.1, 0.15) is 0 Å². The van der Waals surface area contributed by atoms with E-state index >= 15 is 0 Å². The molecule has 2 bridgehead atoms. The number of hydrogen-bond acceptors (Lipinski definition) is 2. The van der Waals surface area contributed by atoms with Crippen LogP contribution < -0.4 is 0 Å². The fourth-order valence-corrected chi connectivity index (χ4v) is 4.60. The van der Waals surface area contributed by atoms with Crippen LogP contribution in [-0.2, 0) is 13.0 Å². The maximum Gasteiger partial charge on any atom is 0.0738 e. The summed E-state index contributed by atoms with van der Waals surface area (Å²) in [5, 5.41) is 14.3. The van der Waals surface area contributed by atoms with Crippen LogP contribution in [0, 0.1) is 35.5 Å². The van der Waals surface area contributed by atoms with E-state index in [1.54, 1.807) is 0 Å². The predicted molar refractivity (Wildman–Crippen MR) is 77.5 cm³/mol. The van der Waals surface area contributed by atoms with Crippen LogP contribution in [-0.4, -0.2) is 9.78 Å². The Bertz CT molecular complexity index is 542. The van der Waals surface area contributed by atoms with Gasteiger partial charge in [-0.15, -0.1) is 0 Å². The molecule has 0 N–H and O–H groups in total. The van der Waals surface area contributed by atoms with Crippen LogP contribution in [0.5, 0.6) is 0 Å². The minimum Gasteiger partial charge on any atom is -0.268 e. The van der Waals surface area contributed by atoms with Gasteiger partial charge in [-0.3, -0.25) is 4.68 Å². The van der Waals surface area contributed by atoms with E-state index in [1.165, 1.54) is 25.0 Å². The zero-order valence-corrected chi connectivity index (χ0v) is 13.2. The second-order valence-electron chi connectivity index (χ2n) is 6.19. The van der Waals surface area contributed by atoms with Crippen LogP contribution in [0.4, 0.5) is 0 Å². The molecule has 0 aromatic carbocycles. The van der Waals surface area contributed by atoms with Gasteiger partial charge in [-0.2, -0.15) is 10.4 Å². The molecule has 2 aliphatic carbocycles. The van der Waals surface area contributed by atoms with Gasteiger partial charge in [-0.05, 0) is 60.9 Å². The topological polar surface area (TPSA) is 41.6 Å². The van der Waals surface area contributed by atoms with Crippen LogP contribution in [0.1, 0.15) is 44.0 Å². The molecule has 0 saturated heterocycles. The highest BCUT2D eigenvalue weighted by molar-refractivity contribution is 9.10. The molecule has 0 radical (unpaired) electrons. The van der Waals surface area contributed by atoms with E-state index in [4.69, 9.17) is 0 Å². The molecule has 1 aromatic heterocycles. The Morgan fingerprint density at radius 3 is 2.84 bits per heavy atom. The monoisotopic (exact) mass is 321 g/mol. The number of aryl methyl sites for hydroxylation is 2. The second-order valence-corrected chi connectivity index (χ2v) is 6.98. The smallest absolute Gasteiger partial charge is 0.0738 e. The Hall–Kier alpha value is -0.820. The summed E-state index contributed by atoms with van der Waals surface area (Å²) in [5.41, 5.74) is 2.12. The first-order chi connectivity index (χ1) is 9.09. The molecular formula is C15H20BrN3. The summed E-state index contributed by atoms with van der Waals surface area (Å²) in [7, 11) is 0. The summed E-state index contributed by atoms with van der Waals surface area (Å²) in [4.78, 5) is 0. The molecule has 3 atom stereocenters. The standard InChI is InChI=1S/C15H20BrN3/c1-3-19-13(14(16)10(2)18-19)8-15(9-17)7-11-4-5-12(15)6-11/h11-12H,3-8H2,1-2H3. The van der Waals surface area contributed by atoms with Crippen LogP contribution in [0.2, 0.25) is 0 Å². The van der Waals surface area contributed by atoms with Gasteiger partial charge in [0.05, 0.1) is 27.3 Å². The molecule has 0 amide bonds. The lowest BCUT2D eigenvalue weighted by atomic mass is 9.71. The van der Waals surface area contributed by atoms with E-state index < -0.39 is 0 Å². The van der Waals surface area contributed by atoms with Gasteiger partial charge in [0.15, 0.2) is 0 Å². The largest absolute Gasteiger partial charge is 0.268 e. The minimum absolute atomic E-state index is 0.134. The summed E-state index contributed by atoms with van der Waals surface area (Å²) < 4.78 is 3.16. The summed E-state index contributed by atoms with van der Waals surface area (Å²) in [6.45, 7) is 5.01. The fourth-order valence-electron chi connectivity index (χ4n) is 4.17. The number of aromatic nitrogens is 2. The van der Waals surface area contributed by atoms with E-state index in [1.807, 2.05) is 6.92 Å². The van der Waals surface area contributed by atoms with Gasteiger partial charge in [-0.1, -0.05) is 6.42 Å². The highest BCUT2D eigenvalue weighted by atomic mass is 79.9. The van der Waals surface area contributed by atoms with Gasteiger partial charge in [0.25, 0.3) is 0 Å². The van der Waals surface area contributed by atoms with Gasteiger partial charge in [0.2, 0.25) is 0 Å². The van der Waals surface area contributed by atoms with Crippen LogP contribution in [0.3, 0.4) is 0 Å². The molecule has 4 heteroatoms. The molecule has 102 valence electrons. The van der Waals surface area contributed by atoms with Crippen molar-refractivity contribution in [2.75, 3.05) is 0 Å². The van der Waals surface area contributed by atoms with E-state index in [9.17, 15) is 5.26 Å². The van der Waals surface area contributed by atoms with E-state index in [0.717, 1.165) is 35.5 Å². The second kappa shape index (κ2) is 4.63. The molecule has 1 heterocycles. The molecule has 3 nitrogen and oxygen atoms in total. The summed E-state index contributed by atoms with van der Waals surface area (Å²) in [6.07, 6.45) is 5.80. The van der Waals surface area contributed by atoms with Crippen molar-refractivity contribution in [2.24, 2.45) is 17.3 Å². The van der Waals surface area contributed by atoms with Crippen LogP contribution in [0.15, 0.2) is 4.47 Å². The molecule has 0 spiro atoms. The molecule has 3 unspecified atom stereocenters. The third kappa shape index (κ3) is 1.94. The van der Waals surface area contributed by atoms with Crippen molar-refractivity contribution in [3.8, 4) is 6.07 Å². The maximum atomic E-state index is 9.77. The van der Waals surface area contributed by atoms with Crippen LogP contribution >= 0.6 is 15.9 Å². The van der Waals surface area contributed by atoms with Gasteiger partial charge in [0, 0.05) is 13.0 Å². The predicted octanol–water partition coefficient (Wildman–Crippen LogP) is 3.85. The van der Waals surface area contributed by atoms with Crippen molar-refractivity contribution in [1.29, 1.82) is 5.26 Å². The lowest BCUT2D eigenvalue weighted by Crippen LogP contribution is -2.29. The first-order valence-corrected chi connectivity index (χ1v) is 8.02. The average Bonchev–Trinajstić information content (AvgIpc) is 3.08. The van der Waals surface area contributed by atoms with Crippen molar-refractivity contribution < 1.29 is 0 Å². The van der Waals surface area contributed by atoms with Crippen molar-refractivity contribution in [3.05, 3.63) is 15.9 Å². The Kier molecular flexibility index (Phi) is 3.21. The molecule has 3 rings (SSSR count). The number of rotatable bonds is 3. The lowest BCUT2D eigenvalue weighted by Gasteiger charge is -2.31. The third-order valence-electron chi connectivity index (χ3n) is 5.13. The van der Waals surface area contributed by atoms with Gasteiger partial charge < -0.3 is 0 Å². The fraction of sp³-hybridized carbons (Fsp3) is 0.733. The zero-order valence-electron chi connectivity index (χ0n) is 11.6. The Morgan fingerprint density at radius 2 is 2.32 bits per heavy atom. The first-order valence-electron chi connectivity index (χ1n) is 7.22. The molecule has 2 fully saturated rings. The number of halogens is 1. The summed E-state index contributed by atoms with van der Waals surface area (Å²) in [6, 6.07) is 2.68. The molecular weight excluding hydrogens is 302 g/mol. The molecule has 0 aliphatic heterocycles. The number of fused-ring (bicyclic) bond motifs is 2. The van der Waals surface area contributed by atoms with E-state index in [2.05, 4.69) is 38.7 Å². The number of nitrogens with zero attached hydrogens (tertiary/aromatic N) is 3. The van der Waals surface area contributed by atoms with Gasteiger partial charge >= 0.3 is 0 Å². The average molecular weight is 322 g/mol. The molecule has 19 heavy (non-hydrogen) atoms. The van der Waals surface area contributed by atoms with Crippen molar-refractivity contribution in [3.63, 3.8) is 0 Å². The van der Waals surface area contributed by atoms with E-state index in [-0.39, 0.29) is 5.41 Å². The number of nitriles is 1. The summed E-state index contributed by atoms with van der Waals surface area (Å²) in [5.74, 6) is 1.40. The van der Waals surface area contributed by atoms with Crippen molar-refractivity contribution in [1.82, 2.24) is 9.78 Å². The molecule has 2 saturated carbocycles. The Labute approximate surface area is 123 Å². The molecule has 1 aromatic rings. The number of hydrogen-bond donors (Lipinski definition) is 0. The van der Waals surface area contributed by atoms with Crippen molar-refractivity contribution >= 4 is 15.9 Å². The Morgan fingerprint density at radius 1 is 1.53 bits per heavy atom. The summed E-state index contributed by atoms with van der Waals surface area (Å²) >= 11 is 3.66. The SMILES string of the molecule is CCn1nc(C)c(Br)c1CC1(C#N)CC2CCC1C2. The van der Waals surface area contributed by atoms with Crippen LogP contribution in [0.25, 0.3) is 0 Å². The highest BCUT2D eigenvalue weighted by Gasteiger charge is 2.51. The Balaban J connectivity index is 1.95. The first kappa shape index (κ1) is 13.2.